The van der Waals surface area contributed by atoms with E-state index in [-0.39, 0.29) is 0 Å². The summed E-state index contributed by atoms with van der Waals surface area (Å²) in [6.07, 6.45) is 0.527. The van der Waals surface area contributed by atoms with Crippen LogP contribution in [0.15, 0.2) is 12.1 Å². The summed E-state index contributed by atoms with van der Waals surface area (Å²) in [6.45, 7) is 5.64. The van der Waals surface area contributed by atoms with Crippen molar-refractivity contribution in [1.82, 2.24) is 15.1 Å². The van der Waals surface area contributed by atoms with Crippen LogP contribution in [0, 0.1) is 11.3 Å². The lowest BCUT2D eigenvalue weighted by molar-refractivity contribution is 0.214. The maximum Gasteiger partial charge on any atom is 0.151 e. The third-order valence-corrected chi connectivity index (χ3v) is 2.50. The summed E-state index contributed by atoms with van der Waals surface area (Å²) in [5, 5.41) is 16.8. The molecule has 86 valence electrons. The van der Waals surface area contributed by atoms with Crippen LogP contribution in [0.25, 0.3) is 0 Å². The molecular formula is C11H15ClN4. The fourth-order valence-electron chi connectivity index (χ4n) is 1.35. The van der Waals surface area contributed by atoms with Gasteiger partial charge in [-0.2, -0.15) is 10.4 Å². The average Bonchev–Trinajstić information content (AvgIpc) is 2.26. The molecule has 0 saturated heterocycles. The molecule has 1 rings (SSSR count). The van der Waals surface area contributed by atoms with Crippen molar-refractivity contribution in [1.29, 1.82) is 5.26 Å². The first-order valence-corrected chi connectivity index (χ1v) is 5.60. The molecule has 0 aliphatic heterocycles. The van der Waals surface area contributed by atoms with Gasteiger partial charge in [-0.3, -0.25) is 4.90 Å². The molecule has 0 radical (unpaired) electrons. The Hall–Kier alpha value is -1.18. The van der Waals surface area contributed by atoms with Crippen LogP contribution < -0.4 is 0 Å². The van der Waals surface area contributed by atoms with E-state index in [4.69, 9.17) is 16.9 Å². The molecule has 0 aliphatic carbocycles. The van der Waals surface area contributed by atoms with Crippen molar-refractivity contribution in [2.75, 3.05) is 6.54 Å². The fourth-order valence-corrected chi connectivity index (χ4v) is 1.45. The topological polar surface area (TPSA) is 52.8 Å². The van der Waals surface area contributed by atoms with Crippen LogP contribution in [0.3, 0.4) is 0 Å². The van der Waals surface area contributed by atoms with Crippen LogP contribution in [0.5, 0.6) is 0 Å². The van der Waals surface area contributed by atoms with Crippen molar-refractivity contribution in [3.05, 3.63) is 23.0 Å². The third-order valence-electron chi connectivity index (χ3n) is 2.29. The first-order valence-electron chi connectivity index (χ1n) is 5.22. The fraction of sp³-hybridized carbons (Fsp3) is 0.545. The maximum atomic E-state index is 8.58. The van der Waals surface area contributed by atoms with Gasteiger partial charge in [0, 0.05) is 25.6 Å². The molecule has 0 unspecified atom stereocenters. The summed E-state index contributed by atoms with van der Waals surface area (Å²) in [4.78, 5) is 2.18. The quantitative estimate of drug-likeness (QED) is 0.790. The van der Waals surface area contributed by atoms with E-state index in [1.54, 1.807) is 6.07 Å². The van der Waals surface area contributed by atoms with Gasteiger partial charge in [-0.1, -0.05) is 11.6 Å². The Balaban J connectivity index is 2.61. The zero-order valence-corrected chi connectivity index (χ0v) is 10.3. The number of nitrogens with zero attached hydrogens (tertiary/aromatic N) is 4. The lowest BCUT2D eigenvalue weighted by atomic mass is 10.2. The highest BCUT2D eigenvalue weighted by atomic mass is 35.5. The van der Waals surface area contributed by atoms with Gasteiger partial charge in [0.25, 0.3) is 0 Å². The lowest BCUT2D eigenvalue weighted by Gasteiger charge is -2.24. The molecule has 0 N–H and O–H groups in total. The number of aromatic nitrogens is 2. The minimum atomic E-state index is 0.380. The largest absolute Gasteiger partial charge is 0.294 e. The Morgan fingerprint density at radius 2 is 2.19 bits per heavy atom. The molecule has 0 amide bonds. The standard InChI is InChI=1S/C11H15ClN4/c1-9(2)16(7-3-6-13)8-10-4-5-11(12)15-14-10/h4-5,9H,3,7-8H2,1-2H3. The minimum Gasteiger partial charge on any atom is -0.294 e. The Morgan fingerprint density at radius 1 is 1.44 bits per heavy atom. The van der Waals surface area contributed by atoms with Crippen molar-refractivity contribution in [2.24, 2.45) is 0 Å². The van der Waals surface area contributed by atoms with Crippen molar-refractivity contribution in [2.45, 2.75) is 32.9 Å². The second-order valence-electron chi connectivity index (χ2n) is 3.82. The van der Waals surface area contributed by atoms with Crippen molar-refractivity contribution >= 4 is 11.6 Å². The van der Waals surface area contributed by atoms with Crippen LogP contribution in [0.1, 0.15) is 26.0 Å². The monoisotopic (exact) mass is 238 g/mol. The van der Waals surface area contributed by atoms with E-state index in [9.17, 15) is 0 Å². The summed E-state index contributed by atoms with van der Waals surface area (Å²) < 4.78 is 0. The normalized spacial score (nSPS) is 10.8. The van der Waals surface area contributed by atoms with Gasteiger partial charge in [-0.15, -0.1) is 5.10 Å². The lowest BCUT2D eigenvalue weighted by Crippen LogP contribution is -2.31. The number of halogens is 1. The summed E-state index contributed by atoms with van der Waals surface area (Å²) in [5.74, 6) is 0. The highest BCUT2D eigenvalue weighted by Gasteiger charge is 2.10. The van der Waals surface area contributed by atoms with E-state index in [2.05, 4.69) is 35.0 Å². The number of hydrogen-bond acceptors (Lipinski definition) is 4. The summed E-state index contributed by atoms with van der Waals surface area (Å²) in [7, 11) is 0. The zero-order valence-electron chi connectivity index (χ0n) is 9.52. The van der Waals surface area contributed by atoms with Crippen LogP contribution in [-0.4, -0.2) is 27.7 Å². The van der Waals surface area contributed by atoms with Gasteiger partial charge in [-0.05, 0) is 26.0 Å². The van der Waals surface area contributed by atoms with E-state index < -0.39 is 0 Å². The molecule has 4 nitrogen and oxygen atoms in total. The van der Waals surface area contributed by atoms with Crippen LogP contribution in [0.2, 0.25) is 5.15 Å². The van der Waals surface area contributed by atoms with Gasteiger partial charge in [0.1, 0.15) is 0 Å². The molecule has 5 heteroatoms. The van der Waals surface area contributed by atoms with E-state index in [0.717, 1.165) is 12.2 Å². The Labute approximate surface area is 101 Å². The van der Waals surface area contributed by atoms with Gasteiger partial charge in [0.15, 0.2) is 5.15 Å². The summed E-state index contributed by atoms with van der Waals surface area (Å²) in [5.41, 5.74) is 0.871. The van der Waals surface area contributed by atoms with E-state index in [1.165, 1.54) is 0 Å². The molecule has 0 saturated carbocycles. The Kier molecular flexibility index (Phi) is 5.17. The molecule has 0 spiro atoms. The van der Waals surface area contributed by atoms with E-state index in [0.29, 0.717) is 24.2 Å². The number of hydrogen-bond donors (Lipinski definition) is 0. The number of rotatable bonds is 5. The SMILES string of the molecule is CC(C)N(CCC#N)Cc1ccc(Cl)nn1. The highest BCUT2D eigenvalue weighted by molar-refractivity contribution is 6.29. The maximum absolute atomic E-state index is 8.58. The van der Waals surface area contributed by atoms with Crippen LogP contribution in [0.4, 0.5) is 0 Å². The second-order valence-corrected chi connectivity index (χ2v) is 4.21. The van der Waals surface area contributed by atoms with Crippen molar-refractivity contribution < 1.29 is 0 Å². The first-order chi connectivity index (χ1) is 7.63. The molecule has 1 aromatic heterocycles. The van der Waals surface area contributed by atoms with Gasteiger partial charge < -0.3 is 0 Å². The van der Waals surface area contributed by atoms with Crippen molar-refractivity contribution in [3.8, 4) is 6.07 Å². The smallest absolute Gasteiger partial charge is 0.151 e. The van der Waals surface area contributed by atoms with Gasteiger partial charge >= 0.3 is 0 Å². The summed E-state index contributed by atoms with van der Waals surface area (Å²) in [6, 6.07) is 6.12. The molecular weight excluding hydrogens is 224 g/mol. The molecule has 1 heterocycles. The van der Waals surface area contributed by atoms with Gasteiger partial charge in [0.2, 0.25) is 0 Å². The predicted octanol–water partition coefficient (Wildman–Crippen LogP) is 2.25. The molecule has 0 aliphatic rings. The minimum absolute atomic E-state index is 0.380. The predicted molar refractivity (Wildman–Crippen MR) is 62.8 cm³/mol. The molecule has 0 atom stereocenters. The van der Waals surface area contributed by atoms with Crippen molar-refractivity contribution in [3.63, 3.8) is 0 Å². The summed E-state index contributed by atoms with van der Waals surface area (Å²) >= 11 is 5.66. The molecule has 0 bridgehead atoms. The first kappa shape index (κ1) is 12.9. The van der Waals surface area contributed by atoms with E-state index in [1.807, 2.05) is 6.07 Å². The van der Waals surface area contributed by atoms with Crippen LogP contribution >= 0.6 is 11.6 Å². The zero-order chi connectivity index (χ0) is 12.0. The highest BCUT2D eigenvalue weighted by Crippen LogP contribution is 2.08. The molecule has 1 aromatic rings. The molecule has 16 heavy (non-hydrogen) atoms. The van der Waals surface area contributed by atoms with Gasteiger partial charge in [-0.25, -0.2) is 0 Å². The Morgan fingerprint density at radius 3 is 2.69 bits per heavy atom. The molecule has 0 fully saturated rings. The van der Waals surface area contributed by atoms with Gasteiger partial charge in [0.05, 0.1) is 11.8 Å². The molecule has 0 aromatic carbocycles. The number of nitriles is 1. The second kappa shape index (κ2) is 6.41. The van der Waals surface area contributed by atoms with Crippen LogP contribution in [-0.2, 0) is 6.54 Å². The Bertz CT molecular complexity index is 355. The van der Waals surface area contributed by atoms with E-state index >= 15 is 0 Å². The third kappa shape index (κ3) is 4.13. The average molecular weight is 239 g/mol.